The van der Waals surface area contributed by atoms with Gasteiger partial charge in [-0.1, -0.05) is 54.6 Å². The topological polar surface area (TPSA) is 60.0 Å². The highest BCUT2D eigenvalue weighted by Crippen LogP contribution is 2.42. The van der Waals surface area contributed by atoms with Crippen molar-refractivity contribution in [3.05, 3.63) is 114 Å². The molecule has 0 saturated heterocycles. The molecule has 176 valence electrons. The smallest absolute Gasteiger partial charge is 0.262 e. The monoisotopic (exact) mass is 466 g/mol. The Kier molecular flexibility index (Phi) is 6.26. The lowest BCUT2D eigenvalue weighted by Crippen LogP contribution is -2.43. The molecule has 0 fully saturated rings. The van der Waals surface area contributed by atoms with Gasteiger partial charge >= 0.3 is 0 Å². The van der Waals surface area contributed by atoms with E-state index in [0.717, 1.165) is 22.6 Å². The molecule has 1 aliphatic heterocycles. The summed E-state index contributed by atoms with van der Waals surface area (Å²) in [6.07, 6.45) is -0.472. The van der Waals surface area contributed by atoms with Crippen LogP contribution in [-0.4, -0.2) is 20.1 Å². The van der Waals surface area contributed by atoms with Crippen molar-refractivity contribution in [1.82, 2.24) is 0 Å². The first-order chi connectivity index (χ1) is 17.2. The highest BCUT2D eigenvalue weighted by molar-refractivity contribution is 6.12. The molecule has 1 atom stereocenters. The second kappa shape index (κ2) is 9.81. The van der Waals surface area contributed by atoms with E-state index in [-0.39, 0.29) is 5.91 Å². The number of rotatable bonds is 7. The van der Waals surface area contributed by atoms with Crippen LogP contribution in [0.4, 0.5) is 11.4 Å². The number of carbonyl (C=O) groups excluding carboxylic acids is 1. The van der Waals surface area contributed by atoms with Crippen LogP contribution in [0, 0.1) is 0 Å². The highest BCUT2D eigenvalue weighted by atomic mass is 16.5. The van der Waals surface area contributed by atoms with Crippen molar-refractivity contribution in [1.29, 1.82) is 0 Å². The number of amides is 1. The lowest BCUT2D eigenvalue weighted by molar-refractivity contribution is 0.0974. The second-order valence-corrected chi connectivity index (χ2v) is 8.15. The van der Waals surface area contributed by atoms with Crippen molar-refractivity contribution < 1.29 is 19.0 Å². The summed E-state index contributed by atoms with van der Waals surface area (Å²) >= 11 is 0. The van der Waals surface area contributed by atoms with Gasteiger partial charge in [0.05, 0.1) is 25.5 Å². The predicted molar refractivity (Wildman–Crippen MR) is 136 cm³/mol. The van der Waals surface area contributed by atoms with Crippen molar-refractivity contribution in [2.75, 3.05) is 24.4 Å². The third kappa shape index (κ3) is 4.51. The molecule has 0 bridgehead atoms. The van der Waals surface area contributed by atoms with E-state index < -0.39 is 6.17 Å². The number of anilines is 2. The van der Waals surface area contributed by atoms with Crippen LogP contribution in [0.2, 0.25) is 0 Å². The second-order valence-electron chi connectivity index (χ2n) is 8.15. The fourth-order valence-electron chi connectivity index (χ4n) is 4.23. The zero-order valence-electron chi connectivity index (χ0n) is 19.6. The third-order valence-corrected chi connectivity index (χ3v) is 6.00. The SMILES string of the molecule is COc1ccc(N2C(=O)c3ccccc3N[C@@H]2c2cccc(OCc3ccccc3)c2)c(OC)c1. The molecule has 1 N–H and O–H groups in total. The molecule has 1 aliphatic rings. The van der Waals surface area contributed by atoms with Gasteiger partial charge in [-0.2, -0.15) is 0 Å². The molecule has 35 heavy (non-hydrogen) atoms. The van der Waals surface area contributed by atoms with E-state index >= 15 is 0 Å². The standard InChI is InChI=1S/C29H26N2O4/c1-33-22-15-16-26(27(18-22)34-2)31-28(30-25-14-7-6-13-24(25)29(31)32)21-11-8-12-23(17-21)35-19-20-9-4-3-5-10-20/h3-18,28,30H,19H2,1-2H3/t28-/m0/s1. The Morgan fingerprint density at radius 1 is 0.800 bits per heavy atom. The minimum atomic E-state index is -0.472. The molecule has 4 aromatic carbocycles. The summed E-state index contributed by atoms with van der Waals surface area (Å²) in [5.74, 6) is 1.79. The normalized spacial score (nSPS) is 14.6. The minimum Gasteiger partial charge on any atom is -0.497 e. The van der Waals surface area contributed by atoms with Crippen LogP contribution in [0.3, 0.4) is 0 Å². The molecular formula is C29H26N2O4. The van der Waals surface area contributed by atoms with Crippen molar-refractivity contribution in [3.63, 3.8) is 0 Å². The molecule has 0 unspecified atom stereocenters. The van der Waals surface area contributed by atoms with Crippen molar-refractivity contribution in [2.24, 2.45) is 0 Å². The van der Waals surface area contributed by atoms with E-state index in [1.807, 2.05) is 91.0 Å². The van der Waals surface area contributed by atoms with Crippen LogP contribution in [0.1, 0.15) is 27.7 Å². The number of methoxy groups -OCH3 is 2. The summed E-state index contributed by atoms with van der Waals surface area (Å²) in [6.45, 7) is 0.459. The molecule has 0 aromatic heterocycles. The van der Waals surface area contributed by atoms with Crippen LogP contribution < -0.4 is 24.4 Å². The number of nitrogens with zero attached hydrogens (tertiary/aromatic N) is 1. The van der Waals surface area contributed by atoms with Gasteiger partial charge in [0.1, 0.15) is 30.0 Å². The fourth-order valence-corrected chi connectivity index (χ4v) is 4.23. The third-order valence-electron chi connectivity index (χ3n) is 6.00. The Balaban J connectivity index is 1.54. The van der Waals surface area contributed by atoms with Crippen LogP contribution in [0.15, 0.2) is 97.1 Å². The number of hydrogen-bond donors (Lipinski definition) is 1. The predicted octanol–water partition coefficient (Wildman–Crippen LogP) is 6.05. The number of benzene rings is 4. The first-order valence-electron chi connectivity index (χ1n) is 11.4. The molecule has 1 amide bonds. The molecular weight excluding hydrogens is 440 g/mol. The number of para-hydroxylation sites is 1. The fraction of sp³-hybridized carbons (Fsp3) is 0.138. The molecule has 0 spiro atoms. The molecule has 1 heterocycles. The summed E-state index contributed by atoms with van der Waals surface area (Å²) in [5.41, 5.74) is 3.99. The zero-order valence-corrected chi connectivity index (χ0v) is 19.6. The number of carbonyl (C=O) groups is 1. The number of fused-ring (bicyclic) bond motifs is 1. The maximum Gasteiger partial charge on any atom is 0.262 e. The van der Waals surface area contributed by atoms with E-state index in [2.05, 4.69) is 5.32 Å². The molecule has 0 radical (unpaired) electrons. The Hall–Kier alpha value is -4.45. The van der Waals surface area contributed by atoms with Gasteiger partial charge in [-0.3, -0.25) is 9.69 Å². The lowest BCUT2D eigenvalue weighted by atomic mass is 10.0. The number of hydrogen-bond acceptors (Lipinski definition) is 5. The zero-order chi connectivity index (χ0) is 24.2. The van der Waals surface area contributed by atoms with Crippen LogP contribution in [0.5, 0.6) is 17.2 Å². The van der Waals surface area contributed by atoms with Crippen LogP contribution in [-0.2, 0) is 6.61 Å². The minimum absolute atomic E-state index is 0.122. The van der Waals surface area contributed by atoms with Gasteiger partial charge in [0.2, 0.25) is 0 Å². The van der Waals surface area contributed by atoms with Crippen molar-refractivity contribution >= 4 is 17.3 Å². The summed E-state index contributed by atoms with van der Waals surface area (Å²) in [4.78, 5) is 15.5. The maximum atomic E-state index is 13.8. The molecule has 6 nitrogen and oxygen atoms in total. The van der Waals surface area contributed by atoms with Gasteiger partial charge in [-0.05, 0) is 47.5 Å². The van der Waals surface area contributed by atoms with E-state index in [9.17, 15) is 4.79 Å². The first-order valence-corrected chi connectivity index (χ1v) is 11.4. The number of nitrogens with one attached hydrogen (secondary N) is 1. The Labute approximate surface area is 204 Å². The van der Waals surface area contributed by atoms with E-state index in [0.29, 0.717) is 29.4 Å². The van der Waals surface area contributed by atoms with Gasteiger partial charge in [0, 0.05) is 11.8 Å². The summed E-state index contributed by atoms with van der Waals surface area (Å²) < 4.78 is 17.1. The van der Waals surface area contributed by atoms with E-state index in [1.165, 1.54) is 0 Å². The maximum absolute atomic E-state index is 13.8. The Bertz CT molecular complexity index is 1340. The van der Waals surface area contributed by atoms with E-state index in [1.54, 1.807) is 25.2 Å². The quantitative estimate of drug-likeness (QED) is 0.359. The molecule has 4 aromatic rings. The Morgan fingerprint density at radius 2 is 1.60 bits per heavy atom. The summed E-state index contributed by atoms with van der Waals surface area (Å²) in [7, 11) is 3.18. The lowest BCUT2D eigenvalue weighted by Gasteiger charge is -2.38. The van der Waals surface area contributed by atoms with Gasteiger partial charge in [0.25, 0.3) is 5.91 Å². The molecule has 0 saturated carbocycles. The van der Waals surface area contributed by atoms with Gasteiger partial charge in [-0.25, -0.2) is 0 Å². The molecule has 5 rings (SSSR count). The average Bonchev–Trinajstić information content (AvgIpc) is 2.92. The summed E-state index contributed by atoms with van der Waals surface area (Å²) in [6, 6.07) is 30.8. The van der Waals surface area contributed by atoms with Gasteiger partial charge in [0.15, 0.2) is 0 Å². The number of ether oxygens (including phenoxy) is 3. The van der Waals surface area contributed by atoms with Crippen LogP contribution >= 0.6 is 0 Å². The van der Waals surface area contributed by atoms with Crippen molar-refractivity contribution in [2.45, 2.75) is 12.8 Å². The Morgan fingerprint density at radius 3 is 2.40 bits per heavy atom. The largest absolute Gasteiger partial charge is 0.497 e. The first kappa shape index (κ1) is 22.3. The van der Waals surface area contributed by atoms with Crippen LogP contribution in [0.25, 0.3) is 0 Å². The highest BCUT2D eigenvalue weighted by Gasteiger charge is 2.35. The average molecular weight is 467 g/mol. The molecule has 6 heteroatoms. The van der Waals surface area contributed by atoms with Crippen molar-refractivity contribution in [3.8, 4) is 17.2 Å². The van der Waals surface area contributed by atoms with Gasteiger partial charge in [-0.15, -0.1) is 0 Å². The summed E-state index contributed by atoms with van der Waals surface area (Å²) in [5, 5.41) is 3.54. The van der Waals surface area contributed by atoms with E-state index in [4.69, 9.17) is 14.2 Å². The van der Waals surface area contributed by atoms with Gasteiger partial charge < -0.3 is 19.5 Å². The molecule has 0 aliphatic carbocycles.